The highest BCUT2D eigenvalue weighted by molar-refractivity contribution is 7.89. The maximum atomic E-state index is 11.2. The Balaban J connectivity index is 1.95. The Morgan fingerprint density at radius 2 is 1.90 bits per heavy atom. The molecule has 2 aromatic heterocycles. The van der Waals surface area contributed by atoms with E-state index >= 15 is 0 Å². The summed E-state index contributed by atoms with van der Waals surface area (Å²) in [4.78, 5) is 10.6. The summed E-state index contributed by atoms with van der Waals surface area (Å²) < 4.78 is 22.4. The Hall–Kier alpha value is -2.03. The number of nitrogens with zero attached hydrogens (tertiary/aromatic N) is 2. The Kier molecular flexibility index (Phi) is 3.36. The highest BCUT2D eigenvalue weighted by atomic mass is 32.2. The molecule has 8 heteroatoms. The second kappa shape index (κ2) is 5.06. The first-order chi connectivity index (χ1) is 9.93. The molecule has 0 aliphatic rings. The predicted octanol–water partition coefficient (Wildman–Crippen LogP) is 2.39. The van der Waals surface area contributed by atoms with Crippen molar-refractivity contribution in [3.63, 3.8) is 0 Å². The molecule has 3 N–H and O–H groups in total. The molecule has 0 amide bonds. The number of anilines is 2. The van der Waals surface area contributed by atoms with E-state index in [9.17, 15) is 8.42 Å². The average Bonchev–Trinajstić information content (AvgIpc) is 2.80. The zero-order valence-corrected chi connectivity index (χ0v) is 12.7. The maximum Gasteiger partial charge on any atom is 0.238 e. The van der Waals surface area contributed by atoms with Crippen molar-refractivity contribution in [1.29, 1.82) is 0 Å². The molecular weight excluding hydrogens is 308 g/mol. The largest absolute Gasteiger partial charge is 0.340 e. The molecule has 0 aliphatic heterocycles. The van der Waals surface area contributed by atoms with Gasteiger partial charge in [-0.15, -0.1) is 11.3 Å². The van der Waals surface area contributed by atoms with E-state index in [0.29, 0.717) is 5.82 Å². The first-order valence-corrected chi connectivity index (χ1v) is 8.41. The van der Waals surface area contributed by atoms with Crippen LogP contribution in [0.5, 0.6) is 0 Å². The van der Waals surface area contributed by atoms with Crippen LogP contribution in [0, 0.1) is 6.92 Å². The van der Waals surface area contributed by atoms with Gasteiger partial charge in [-0.05, 0) is 37.3 Å². The molecule has 0 radical (unpaired) electrons. The number of benzene rings is 1. The monoisotopic (exact) mass is 320 g/mol. The molecule has 108 valence electrons. The van der Waals surface area contributed by atoms with Gasteiger partial charge in [0.25, 0.3) is 0 Å². The third-order valence-electron chi connectivity index (χ3n) is 2.90. The summed E-state index contributed by atoms with van der Waals surface area (Å²) in [7, 11) is -3.68. The summed E-state index contributed by atoms with van der Waals surface area (Å²) in [5, 5.41) is 9.17. The minimum absolute atomic E-state index is 0.0762. The van der Waals surface area contributed by atoms with Crippen LogP contribution >= 0.6 is 11.3 Å². The lowest BCUT2D eigenvalue weighted by molar-refractivity contribution is 0.598. The minimum Gasteiger partial charge on any atom is -0.340 e. The van der Waals surface area contributed by atoms with Crippen molar-refractivity contribution in [2.75, 3.05) is 5.32 Å². The topological polar surface area (TPSA) is 98.0 Å². The first kappa shape index (κ1) is 13.9. The van der Waals surface area contributed by atoms with Gasteiger partial charge in [0.05, 0.1) is 10.3 Å². The number of aryl methyl sites for hydroxylation is 1. The van der Waals surface area contributed by atoms with E-state index in [-0.39, 0.29) is 4.90 Å². The molecule has 6 nitrogen and oxygen atoms in total. The van der Waals surface area contributed by atoms with E-state index in [1.807, 2.05) is 13.0 Å². The number of nitrogens with one attached hydrogen (secondary N) is 1. The van der Waals surface area contributed by atoms with Crippen LogP contribution in [0.3, 0.4) is 0 Å². The van der Waals surface area contributed by atoms with Crippen molar-refractivity contribution < 1.29 is 8.42 Å². The summed E-state index contributed by atoms with van der Waals surface area (Å²) in [6.07, 6.45) is 1.50. The van der Waals surface area contributed by atoms with Crippen molar-refractivity contribution in [2.24, 2.45) is 5.14 Å². The molecule has 0 bridgehead atoms. The molecule has 0 spiro atoms. The fourth-order valence-corrected chi connectivity index (χ4v) is 3.30. The van der Waals surface area contributed by atoms with Gasteiger partial charge < -0.3 is 5.32 Å². The van der Waals surface area contributed by atoms with E-state index in [4.69, 9.17) is 5.14 Å². The van der Waals surface area contributed by atoms with Gasteiger partial charge in [0, 0.05) is 10.6 Å². The molecule has 0 atom stereocenters. The molecule has 0 fully saturated rings. The van der Waals surface area contributed by atoms with Gasteiger partial charge in [0.2, 0.25) is 10.0 Å². The van der Waals surface area contributed by atoms with E-state index in [1.54, 1.807) is 23.5 Å². The van der Waals surface area contributed by atoms with Crippen LogP contribution in [0.15, 0.2) is 41.6 Å². The van der Waals surface area contributed by atoms with E-state index in [0.717, 1.165) is 20.8 Å². The third-order valence-corrected chi connectivity index (χ3v) is 4.79. The summed E-state index contributed by atoms with van der Waals surface area (Å²) in [6.45, 7) is 2.01. The van der Waals surface area contributed by atoms with E-state index in [2.05, 4.69) is 15.3 Å². The Morgan fingerprint density at radius 1 is 1.19 bits per heavy atom. The third kappa shape index (κ3) is 2.87. The number of hydrogen-bond acceptors (Lipinski definition) is 6. The van der Waals surface area contributed by atoms with Crippen molar-refractivity contribution >= 4 is 43.1 Å². The maximum absolute atomic E-state index is 11.2. The zero-order chi connectivity index (χ0) is 15.0. The van der Waals surface area contributed by atoms with Gasteiger partial charge in [-0.25, -0.2) is 23.5 Å². The van der Waals surface area contributed by atoms with Crippen LogP contribution in [0.2, 0.25) is 0 Å². The van der Waals surface area contributed by atoms with Crippen LogP contribution in [0.1, 0.15) is 4.88 Å². The Labute approximate surface area is 125 Å². The molecule has 1 aromatic carbocycles. The number of thiophene rings is 1. The number of fused-ring (bicyclic) bond motifs is 1. The standard InChI is InChI=1S/C13H12N4O2S2/c1-8-6-11-12(15-7-16-13(11)20-8)17-9-2-4-10(5-3-9)21(14,18)19/h2-7H,1H3,(H2,14,18,19)(H,15,16,17). The van der Waals surface area contributed by atoms with E-state index in [1.165, 1.54) is 18.5 Å². The average molecular weight is 320 g/mol. The normalized spacial score (nSPS) is 11.7. The number of rotatable bonds is 3. The summed E-state index contributed by atoms with van der Waals surface area (Å²) in [5.74, 6) is 0.688. The second-order valence-electron chi connectivity index (χ2n) is 4.49. The summed E-state index contributed by atoms with van der Waals surface area (Å²) >= 11 is 1.60. The fraction of sp³-hybridized carbons (Fsp3) is 0.0769. The van der Waals surface area contributed by atoms with Crippen LogP contribution in [-0.2, 0) is 10.0 Å². The van der Waals surface area contributed by atoms with Crippen molar-refractivity contribution in [3.05, 3.63) is 41.5 Å². The number of aromatic nitrogens is 2. The van der Waals surface area contributed by atoms with Gasteiger partial charge in [0.15, 0.2) is 0 Å². The SMILES string of the molecule is Cc1cc2c(Nc3ccc(S(N)(=O)=O)cc3)ncnc2s1. The first-order valence-electron chi connectivity index (χ1n) is 6.04. The van der Waals surface area contributed by atoms with Gasteiger partial charge in [-0.3, -0.25) is 0 Å². The van der Waals surface area contributed by atoms with Gasteiger partial charge in [-0.2, -0.15) is 0 Å². The smallest absolute Gasteiger partial charge is 0.238 e. The van der Waals surface area contributed by atoms with Crippen molar-refractivity contribution in [3.8, 4) is 0 Å². The molecule has 3 aromatic rings. The number of sulfonamides is 1. The van der Waals surface area contributed by atoms with Crippen molar-refractivity contribution in [1.82, 2.24) is 9.97 Å². The minimum atomic E-state index is -3.68. The number of primary sulfonamides is 1. The van der Waals surface area contributed by atoms with Gasteiger partial charge >= 0.3 is 0 Å². The van der Waals surface area contributed by atoms with Gasteiger partial charge in [-0.1, -0.05) is 0 Å². The molecular formula is C13H12N4O2S2. The van der Waals surface area contributed by atoms with E-state index < -0.39 is 10.0 Å². The highest BCUT2D eigenvalue weighted by Gasteiger charge is 2.09. The lowest BCUT2D eigenvalue weighted by Gasteiger charge is -2.07. The quantitative estimate of drug-likeness (QED) is 0.772. The van der Waals surface area contributed by atoms with Crippen molar-refractivity contribution in [2.45, 2.75) is 11.8 Å². The molecule has 0 saturated heterocycles. The van der Waals surface area contributed by atoms with Crippen LogP contribution in [-0.4, -0.2) is 18.4 Å². The number of nitrogens with two attached hydrogens (primary N) is 1. The highest BCUT2D eigenvalue weighted by Crippen LogP contribution is 2.29. The Morgan fingerprint density at radius 3 is 2.57 bits per heavy atom. The molecule has 21 heavy (non-hydrogen) atoms. The lowest BCUT2D eigenvalue weighted by Crippen LogP contribution is -2.11. The molecule has 3 rings (SSSR count). The summed E-state index contributed by atoms with van der Waals surface area (Å²) in [5.41, 5.74) is 0.728. The van der Waals surface area contributed by atoms with Crippen LogP contribution < -0.4 is 10.5 Å². The molecule has 0 aliphatic carbocycles. The second-order valence-corrected chi connectivity index (χ2v) is 7.29. The molecule has 0 unspecified atom stereocenters. The lowest BCUT2D eigenvalue weighted by atomic mass is 10.3. The van der Waals surface area contributed by atoms with Crippen LogP contribution in [0.25, 0.3) is 10.2 Å². The number of hydrogen-bond donors (Lipinski definition) is 2. The predicted molar refractivity (Wildman–Crippen MR) is 83.2 cm³/mol. The van der Waals surface area contributed by atoms with Crippen LogP contribution in [0.4, 0.5) is 11.5 Å². The zero-order valence-electron chi connectivity index (χ0n) is 11.1. The van der Waals surface area contributed by atoms with Gasteiger partial charge in [0.1, 0.15) is 17.0 Å². The summed E-state index contributed by atoms with van der Waals surface area (Å²) in [6, 6.07) is 8.21. The fourth-order valence-electron chi connectivity index (χ4n) is 1.94. The molecule has 2 heterocycles. The Bertz CT molecular complexity index is 902. The molecule has 0 saturated carbocycles.